The minimum atomic E-state index is 0.0360. The molecular formula is C20H23N5O2. The molecule has 0 aliphatic carbocycles. The molecule has 0 saturated carbocycles. The molecule has 1 aromatic heterocycles. The summed E-state index contributed by atoms with van der Waals surface area (Å²) in [4.78, 5) is 4.35. The Bertz CT molecular complexity index is 905. The highest BCUT2D eigenvalue weighted by Gasteiger charge is 2.30. The highest BCUT2D eigenvalue weighted by Crippen LogP contribution is 2.38. The first-order valence-corrected chi connectivity index (χ1v) is 9.03. The van der Waals surface area contributed by atoms with Crippen LogP contribution >= 0.6 is 0 Å². The summed E-state index contributed by atoms with van der Waals surface area (Å²) >= 11 is 0. The summed E-state index contributed by atoms with van der Waals surface area (Å²) in [6, 6.07) is 16.3. The van der Waals surface area contributed by atoms with Crippen molar-refractivity contribution in [2.45, 2.75) is 25.4 Å². The number of aromatic nitrogens is 3. The van der Waals surface area contributed by atoms with E-state index in [2.05, 4.69) is 39.7 Å². The van der Waals surface area contributed by atoms with Gasteiger partial charge >= 0.3 is 0 Å². The van der Waals surface area contributed by atoms with Gasteiger partial charge in [0.05, 0.1) is 25.8 Å². The highest BCUT2D eigenvalue weighted by molar-refractivity contribution is 5.43. The van der Waals surface area contributed by atoms with Crippen molar-refractivity contribution in [3.63, 3.8) is 0 Å². The van der Waals surface area contributed by atoms with Gasteiger partial charge in [-0.3, -0.25) is 0 Å². The predicted octanol–water partition coefficient (Wildman–Crippen LogP) is 3.41. The van der Waals surface area contributed by atoms with E-state index in [1.165, 1.54) is 5.56 Å². The summed E-state index contributed by atoms with van der Waals surface area (Å²) in [5.41, 5.74) is 8.17. The number of nitrogen functional groups attached to an aromatic ring is 1. The van der Waals surface area contributed by atoms with E-state index < -0.39 is 0 Å². The molecule has 0 unspecified atom stereocenters. The van der Waals surface area contributed by atoms with Crippen molar-refractivity contribution in [2.75, 3.05) is 24.8 Å². The van der Waals surface area contributed by atoms with E-state index in [1.54, 1.807) is 7.11 Å². The quantitative estimate of drug-likeness (QED) is 0.720. The Morgan fingerprint density at radius 2 is 1.74 bits per heavy atom. The van der Waals surface area contributed by atoms with Crippen LogP contribution in [0, 0.1) is 0 Å². The zero-order valence-electron chi connectivity index (χ0n) is 15.4. The van der Waals surface area contributed by atoms with E-state index in [9.17, 15) is 0 Å². The van der Waals surface area contributed by atoms with Gasteiger partial charge in [0, 0.05) is 0 Å². The van der Waals surface area contributed by atoms with Gasteiger partial charge in [-0.1, -0.05) is 24.3 Å². The molecule has 3 N–H and O–H groups in total. The molecule has 4 rings (SSSR count). The van der Waals surface area contributed by atoms with Gasteiger partial charge in [-0.25, -0.2) is 4.68 Å². The van der Waals surface area contributed by atoms with Crippen LogP contribution in [-0.4, -0.2) is 28.5 Å². The lowest BCUT2D eigenvalue weighted by molar-refractivity contribution is 0.340. The van der Waals surface area contributed by atoms with Crippen molar-refractivity contribution in [1.82, 2.24) is 14.8 Å². The molecule has 0 radical (unpaired) electrons. The number of hydrogen-bond acceptors (Lipinski definition) is 6. The first-order chi connectivity index (χ1) is 13.2. The molecule has 7 heteroatoms. The van der Waals surface area contributed by atoms with Crippen LogP contribution in [0.25, 0.3) is 0 Å². The molecule has 3 aromatic rings. The number of hydrogen-bond donors (Lipinski definition) is 2. The number of anilines is 2. The average molecular weight is 365 g/mol. The van der Waals surface area contributed by atoms with Crippen LogP contribution in [0.5, 0.6) is 11.5 Å². The van der Waals surface area contributed by atoms with Crippen molar-refractivity contribution in [1.29, 1.82) is 0 Å². The first kappa shape index (κ1) is 17.2. The molecule has 0 amide bonds. The van der Waals surface area contributed by atoms with Gasteiger partial charge in [0.15, 0.2) is 0 Å². The SMILES string of the molecule is CCOc1ccc([C@H]2C[C@H](c3ccc(OC)cc3)Nc3nc(N)nn32)cc1. The van der Waals surface area contributed by atoms with E-state index in [4.69, 9.17) is 15.2 Å². The molecule has 27 heavy (non-hydrogen) atoms. The molecule has 1 aliphatic heterocycles. The molecule has 2 aromatic carbocycles. The molecule has 140 valence electrons. The zero-order valence-corrected chi connectivity index (χ0v) is 15.4. The topological polar surface area (TPSA) is 87.2 Å². The molecule has 2 atom stereocenters. The van der Waals surface area contributed by atoms with Crippen molar-refractivity contribution >= 4 is 11.9 Å². The molecule has 2 heterocycles. The fraction of sp³-hybridized carbons (Fsp3) is 0.300. The van der Waals surface area contributed by atoms with Crippen LogP contribution in [0.4, 0.5) is 11.9 Å². The summed E-state index contributed by atoms with van der Waals surface area (Å²) < 4.78 is 12.7. The summed E-state index contributed by atoms with van der Waals surface area (Å²) in [5.74, 6) is 2.65. The maximum Gasteiger partial charge on any atom is 0.241 e. The van der Waals surface area contributed by atoms with Crippen LogP contribution in [0.2, 0.25) is 0 Å². The van der Waals surface area contributed by atoms with Crippen LogP contribution in [0.1, 0.15) is 36.6 Å². The van der Waals surface area contributed by atoms with Crippen LogP contribution in [-0.2, 0) is 0 Å². The molecule has 0 spiro atoms. The first-order valence-electron chi connectivity index (χ1n) is 9.03. The summed E-state index contributed by atoms with van der Waals surface area (Å²) in [7, 11) is 1.67. The minimum absolute atomic E-state index is 0.0360. The fourth-order valence-electron chi connectivity index (χ4n) is 3.48. The Labute approximate surface area is 158 Å². The second-order valence-corrected chi connectivity index (χ2v) is 6.46. The van der Waals surface area contributed by atoms with E-state index in [0.29, 0.717) is 12.6 Å². The third-order valence-corrected chi connectivity index (χ3v) is 4.80. The van der Waals surface area contributed by atoms with Gasteiger partial charge < -0.3 is 20.5 Å². The standard InChI is InChI=1S/C20H23N5O2/c1-3-27-16-10-6-14(7-11-16)18-12-17(13-4-8-15(26-2)9-5-13)22-20-23-19(21)24-25(18)20/h4-11,17-18H,3,12H2,1-2H3,(H3,21,22,23,24)/t17-,18-/m1/s1. The number of nitrogens with two attached hydrogens (primary N) is 1. The number of nitrogens with zero attached hydrogens (tertiary/aromatic N) is 3. The molecule has 0 fully saturated rings. The monoisotopic (exact) mass is 365 g/mol. The Morgan fingerprint density at radius 1 is 1.07 bits per heavy atom. The Kier molecular flexibility index (Phi) is 4.58. The highest BCUT2D eigenvalue weighted by atomic mass is 16.5. The lowest BCUT2D eigenvalue weighted by Gasteiger charge is -2.31. The second-order valence-electron chi connectivity index (χ2n) is 6.46. The Balaban J connectivity index is 1.66. The van der Waals surface area contributed by atoms with Crippen molar-refractivity contribution in [3.05, 3.63) is 59.7 Å². The van der Waals surface area contributed by atoms with Gasteiger partial charge in [-0.05, 0) is 48.7 Å². The van der Waals surface area contributed by atoms with Gasteiger partial charge in [0.25, 0.3) is 0 Å². The molecular weight excluding hydrogens is 342 g/mol. The Hall–Kier alpha value is -3.22. The molecule has 7 nitrogen and oxygen atoms in total. The van der Waals surface area contributed by atoms with Gasteiger partial charge in [-0.15, -0.1) is 5.10 Å². The van der Waals surface area contributed by atoms with Crippen LogP contribution in [0.3, 0.4) is 0 Å². The van der Waals surface area contributed by atoms with Gasteiger partial charge in [0.1, 0.15) is 11.5 Å². The zero-order chi connectivity index (χ0) is 18.8. The van der Waals surface area contributed by atoms with E-state index in [1.807, 2.05) is 35.9 Å². The van der Waals surface area contributed by atoms with E-state index in [0.717, 1.165) is 23.5 Å². The molecule has 0 saturated heterocycles. The van der Waals surface area contributed by atoms with Crippen molar-refractivity contribution in [2.24, 2.45) is 0 Å². The largest absolute Gasteiger partial charge is 0.497 e. The summed E-state index contributed by atoms with van der Waals surface area (Å²) in [5, 5.41) is 7.84. The lowest BCUT2D eigenvalue weighted by atomic mass is 9.93. The summed E-state index contributed by atoms with van der Waals surface area (Å²) in [6.45, 7) is 2.63. The number of rotatable bonds is 5. The third-order valence-electron chi connectivity index (χ3n) is 4.80. The van der Waals surface area contributed by atoms with Crippen molar-refractivity contribution in [3.8, 4) is 11.5 Å². The molecule has 0 bridgehead atoms. The van der Waals surface area contributed by atoms with Gasteiger partial charge in [0.2, 0.25) is 11.9 Å². The summed E-state index contributed by atoms with van der Waals surface area (Å²) in [6.07, 6.45) is 0.829. The average Bonchev–Trinajstić information content (AvgIpc) is 3.08. The number of fused-ring (bicyclic) bond motifs is 1. The normalized spacial score (nSPS) is 18.4. The lowest BCUT2D eigenvalue weighted by Crippen LogP contribution is -2.28. The number of nitrogens with one attached hydrogen (secondary N) is 1. The fourth-order valence-corrected chi connectivity index (χ4v) is 3.48. The van der Waals surface area contributed by atoms with Crippen LogP contribution < -0.4 is 20.5 Å². The van der Waals surface area contributed by atoms with Gasteiger partial charge in [-0.2, -0.15) is 4.98 Å². The predicted molar refractivity (Wildman–Crippen MR) is 104 cm³/mol. The molecule has 1 aliphatic rings. The van der Waals surface area contributed by atoms with Crippen LogP contribution in [0.15, 0.2) is 48.5 Å². The van der Waals surface area contributed by atoms with E-state index >= 15 is 0 Å². The Morgan fingerprint density at radius 3 is 2.41 bits per heavy atom. The van der Waals surface area contributed by atoms with Crippen molar-refractivity contribution < 1.29 is 9.47 Å². The second kappa shape index (κ2) is 7.19. The smallest absolute Gasteiger partial charge is 0.241 e. The maximum atomic E-state index is 5.86. The third kappa shape index (κ3) is 3.40. The number of methoxy groups -OCH3 is 1. The minimum Gasteiger partial charge on any atom is -0.497 e. The van der Waals surface area contributed by atoms with E-state index in [-0.39, 0.29) is 18.0 Å². The number of benzene rings is 2. The number of ether oxygens (including phenoxy) is 2. The maximum absolute atomic E-state index is 5.86.